The van der Waals surface area contributed by atoms with Crippen LogP contribution in [0.25, 0.3) is 0 Å². The van der Waals surface area contributed by atoms with Gasteiger partial charge in [0.2, 0.25) is 0 Å². The first kappa shape index (κ1) is 10.4. The van der Waals surface area contributed by atoms with Crippen molar-refractivity contribution < 1.29 is 14.9 Å². The molecule has 0 radical (unpaired) electrons. The third-order valence-corrected chi connectivity index (χ3v) is 2.57. The van der Waals surface area contributed by atoms with Crippen LogP contribution in [0.1, 0.15) is 11.8 Å². The lowest BCUT2D eigenvalue weighted by molar-refractivity contribution is -0.0139. The van der Waals surface area contributed by atoms with Crippen LogP contribution in [0.15, 0.2) is 24.3 Å². The molecule has 1 heterocycles. The molecule has 4 nitrogen and oxygen atoms in total. The summed E-state index contributed by atoms with van der Waals surface area (Å²) in [7, 11) is 1.93. The van der Waals surface area contributed by atoms with Gasteiger partial charge in [-0.2, -0.15) is 0 Å². The minimum Gasteiger partial charge on any atom is -0.508 e. The van der Waals surface area contributed by atoms with Crippen molar-refractivity contribution in [1.82, 2.24) is 4.90 Å². The van der Waals surface area contributed by atoms with Crippen LogP contribution in [0.5, 0.6) is 5.75 Å². The normalized spacial score (nSPS) is 27.1. The summed E-state index contributed by atoms with van der Waals surface area (Å²) >= 11 is 0. The molecule has 0 bridgehead atoms. The molecule has 2 rings (SSSR count). The first-order valence-corrected chi connectivity index (χ1v) is 4.96. The first-order chi connectivity index (χ1) is 7.20. The van der Waals surface area contributed by atoms with E-state index in [0.717, 1.165) is 5.56 Å². The van der Waals surface area contributed by atoms with E-state index in [-0.39, 0.29) is 24.7 Å². The van der Waals surface area contributed by atoms with Gasteiger partial charge in [-0.3, -0.25) is 4.90 Å². The fourth-order valence-corrected chi connectivity index (χ4v) is 1.86. The minimum absolute atomic E-state index is 0.0274. The van der Waals surface area contributed by atoms with Crippen LogP contribution >= 0.6 is 0 Å². The molecule has 0 spiro atoms. The van der Waals surface area contributed by atoms with Crippen LogP contribution in [0.4, 0.5) is 0 Å². The average molecular weight is 209 g/mol. The molecular weight excluding hydrogens is 194 g/mol. The Morgan fingerprint density at radius 1 is 1.53 bits per heavy atom. The van der Waals surface area contributed by atoms with Crippen LogP contribution in [-0.4, -0.2) is 41.4 Å². The van der Waals surface area contributed by atoms with E-state index >= 15 is 0 Å². The van der Waals surface area contributed by atoms with Gasteiger partial charge in [0.1, 0.15) is 12.0 Å². The van der Waals surface area contributed by atoms with Gasteiger partial charge in [-0.25, -0.2) is 0 Å². The Bertz CT molecular complexity index is 342. The zero-order chi connectivity index (χ0) is 10.8. The summed E-state index contributed by atoms with van der Waals surface area (Å²) in [5.41, 5.74) is 0.911. The van der Waals surface area contributed by atoms with E-state index in [1.54, 1.807) is 18.2 Å². The molecule has 0 amide bonds. The summed E-state index contributed by atoms with van der Waals surface area (Å²) in [6.07, 6.45) is -0.309. The van der Waals surface area contributed by atoms with Gasteiger partial charge in [-0.15, -0.1) is 0 Å². The highest BCUT2D eigenvalue weighted by molar-refractivity contribution is 5.28. The Balaban J connectivity index is 2.17. The molecule has 82 valence electrons. The smallest absolute Gasteiger partial charge is 0.137 e. The van der Waals surface area contributed by atoms with Gasteiger partial charge >= 0.3 is 0 Å². The van der Waals surface area contributed by atoms with Crippen LogP contribution < -0.4 is 0 Å². The molecule has 1 aliphatic heterocycles. The second kappa shape index (κ2) is 4.18. The largest absolute Gasteiger partial charge is 0.508 e. The molecule has 1 fully saturated rings. The third-order valence-electron chi connectivity index (χ3n) is 2.57. The van der Waals surface area contributed by atoms with Crippen molar-refractivity contribution in [3.05, 3.63) is 29.8 Å². The molecule has 1 aromatic rings. The van der Waals surface area contributed by atoms with Gasteiger partial charge in [0.25, 0.3) is 0 Å². The summed E-state index contributed by atoms with van der Waals surface area (Å²) in [6.45, 7) is 0.733. The molecule has 0 aromatic heterocycles. The van der Waals surface area contributed by atoms with E-state index in [9.17, 15) is 5.11 Å². The fourth-order valence-electron chi connectivity index (χ4n) is 1.86. The molecule has 4 heteroatoms. The summed E-state index contributed by atoms with van der Waals surface area (Å²) in [6, 6.07) is 7.00. The van der Waals surface area contributed by atoms with Crippen molar-refractivity contribution in [2.24, 2.45) is 0 Å². The topological polar surface area (TPSA) is 52.9 Å². The number of aliphatic hydroxyl groups is 1. The van der Waals surface area contributed by atoms with Crippen molar-refractivity contribution >= 4 is 0 Å². The lowest BCUT2D eigenvalue weighted by Crippen LogP contribution is -2.20. The Morgan fingerprint density at radius 3 is 2.93 bits per heavy atom. The number of hydrogen-bond donors (Lipinski definition) is 2. The van der Waals surface area contributed by atoms with E-state index in [4.69, 9.17) is 9.84 Å². The van der Waals surface area contributed by atoms with Crippen LogP contribution in [-0.2, 0) is 4.74 Å². The number of benzene rings is 1. The molecule has 0 aliphatic carbocycles. The SMILES string of the molecule is CN1CC(CO)OC1c1cccc(O)c1. The van der Waals surface area contributed by atoms with Crippen molar-refractivity contribution in [2.45, 2.75) is 12.3 Å². The van der Waals surface area contributed by atoms with E-state index in [1.807, 2.05) is 18.0 Å². The molecule has 0 saturated carbocycles. The highest BCUT2D eigenvalue weighted by Gasteiger charge is 2.30. The zero-order valence-electron chi connectivity index (χ0n) is 8.63. The molecule has 1 aromatic carbocycles. The van der Waals surface area contributed by atoms with Crippen LogP contribution in [0, 0.1) is 0 Å². The number of phenols is 1. The highest BCUT2D eigenvalue weighted by atomic mass is 16.5. The maximum absolute atomic E-state index is 9.36. The summed E-state index contributed by atoms with van der Waals surface area (Å²) < 4.78 is 5.63. The Morgan fingerprint density at radius 2 is 2.33 bits per heavy atom. The number of nitrogens with zero attached hydrogens (tertiary/aromatic N) is 1. The van der Waals surface area contributed by atoms with Gasteiger partial charge in [-0.1, -0.05) is 12.1 Å². The van der Waals surface area contributed by atoms with Gasteiger partial charge in [0, 0.05) is 6.54 Å². The average Bonchev–Trinajstić information content (AvgIpc) is 2.60. The molecule has 2 N–H and O–H groups in total. The lowest BCUT2D eigenvalue weighted by atomic mass is 10.2. The number of aromatic hydroxyl groups is 1. The van der Waals surface area contributed by atoms with Gasteiger partial charge in [0.05, 0.1) is 12.7 Å². The van der Waals surface area contributed by atoms with Gasteiger partial charge in [-0.05, 0) is 24.7 Å². The molecule has 15 heavy (non-hydrogen) atoms. The van der Waals surface area contributed by atoms with Crippen molar-refractivity contribution in [1.29, 1.82) is 0 Å². The maximum atomic E-state index is 9.36. The number of phenolic OH excluding ortho intramolecular Hbond substituents is 1. The number of aliphatic hydroxyl groups excluding tert-OH is 1. The van der Waals surface area contributed by atoms with Crippen molar-refractivity contribution in [3.8, 4) is 5.75 Å². The van der Waals surface area contributed by atoms with E-state index in [1.165, 1.54) is 0 Å². The number of rotatable bonds is 2. The second-order valence-corrected chi connectivity index (χ2v) is 3.83. The molecular formula is C11H15NO3. The standard InChI is InChI=1S/C11H15NO3/c1-12-6-10(7-13)15-11(12)8-3-2-4-9(14)5-8/h2-5,10-11,13-14H,6-7H2,1H3. The van der Waals surface area contributed by atoms with Crippen LogP contribution in [0.2, 0.25) is 0 Å². The minimum atomic E-state index is -0.172. The third kappa shape index (κ3) is 2.12. The van der Waals surface area contributed by atoms with E-state index in [0.29, 0.717) is 6.54 Å². The molecule has 2 atom stereocenters. The highest BCUT2D eigenvalue weighted by Crippen LogP contribution is 2.29. The maximum Gasteiger partial charge on any atom is 0.137 e. The fraction of sp³-hybridized carbons (Fsp3) is 0.455. The van der Waals surface area contributed by atoms with Crippen molar-refractivity contribution in [3.63, 3.8) is 0 Å². The molecule has 1 aliphatic rings. The second-order valence-electron chi connectivity index (χ2n) is 3.83. The van der Waals surface area contributed by atoms with E-state index < -0.39 is 0 Å². The predicted molar refractivity (Wildman–Crippen MR) is 55.4 cm³/mol. The summed E-state index contributed by atoms with van der Waals surface area (Å²) in [5.74, 6) is 0.233. The van der Waals surface area contributed by atoms with Gasteiger partial charge < -0.3 is 14.9 Å². The Hall–Kier alpha value is -1.10. The summed E-state index contributed by atoms with van der Waals surface area (Å²) in [5, 5.41) is 18.4. The number of likely N-dealkylation sites (N-methyl/N-ethyl adjacent to an activating group) is 1. The lowest BCUT2D eigenvalue weighted by Gasteiger charge is -2.18. The predicted octanol–water partition coefficient (Wildman–Crippen LogP) is 0.714. The quantitative estimate of drug-likeness (QED) is 0.753. The Kier molecular flexibility index (Phi) is 2.90. The van der Waals surface area contributed by atoms with Crippen molar-refractivity contribution in [2.75, 3.05) is 20.2 Å². The van der Waals surface area contributed by atoms with E-state index in [2.05, 4.69) is 0 Å². The monoisotopic (exact) mass is 209 g/mol. The van der Waals surface area contributed by atoms with Gasteiger partial charge in [0.15, 0.2) is 0 Å². The Labute approximate surface area is 88.7 Å². The number of ether oxygens (including phenoxy) is 1. The molecule has 2 unspecified atom stereocenters. The van der Waals surface area contributed by atoms with Crippen LogP contribution in [0.3, 0.4) is 0 Å². The first-order valence-electron chi connectivity index (χ1n) is 4.96. The summed E-state index contributed by atoms with van der Waals surface area (Å²) in [4.78, 5) is 2.01. The number of hydrogen-bond acceptors (Lipinski definition) is 4. The molecule has 1 saturated heterocycles. The zero-order valence-corrected chi connectivity index (χ0v) is 8.63.